The Hall–Kier alpha value is -1.95. The number of nitrogens with zero attached hydrogens (tertiary/aromatic N) is 3. The zero-order valence-corrected chi connectivity index (χ0v) is 13.5. The Kier molecular flexibility index (Phi) is 4.68. The predicted molar refractivity (Wildman–Crippen MR) is 89.4 cm³/mol. The molecule has 6 heteroatoms. The lowest BCUT2D eigenvalue weighted by molar-refractivity contribution is 0.0949. The van der Waals surface area contributed by atoms with E-state index in [4.69, 9.17) is 0 Å². The highest BCUT2D eigenvalue weighted by Crippen LogP contribution is 2.25. The van der Waals surface area contributed by atoms with Gasteiger partial charge in [0.25, 0.3) is 5.91 Å². The minimum Gasteiger partial charge on any atom is -0.357 e. The van der Waals surface area contributed by atoms with E-state index in [9.17, 15) is 4.79 Å². The van der Waals surface area contributed by atoms with Crippen LogP contribution < -0.4 is 10.2 Å². The lowest BCUT2D eigenvalue weighted by Gasteiger charge is -2.15. The summed E-state index contributed by atoms with van der Waals surface area (Å²) in [7, 11) is 0. The van der Waals surface area contributed by atoms with Crippen molar-refractivity contribution in [2.24, 2.45) is 0 Å². The first-order valence-electron chi connectivity index (χ1n) is 7.73. The average molecular weight is 316 g/mol. The van der Waals surface area contributed by atoms with Crippen LogP contribution in [0.1, 0.15) is 36.7 Å². The highest BCUT2D eigenvalue weighted by Gasteiger charge is 2.15. The molecule has 116 valence electrons. The van der Waals surface area contributed by atoms with Gasteiger partial charge in [0.05, 0.1) is 0 Å². The van der Waals surface area contributed by atoms with Crippen LogP contribution in [0.5, 0.6) is 0 Å². The maximum Gasteiger partial charge on any atom is 0.270 e. The van der Waals surface area contributed by atoms with E-state index in [0.717, 1.165) is 35.9 Å². The summed E-state index contributed by atoms with van der Waals surface area (Å²) in [5, 5.41) is 5.48. The van der Waals surface area contributed by atoms with Crippen molar-refractivity contribution in [3.8, 4) is 10.6 Å². The van der Waals surface area contributed by atoms with Crippen LogP contribution in [0.3, 0.4) is 0 Å². The van der Waals surface area contributed by atoms with E-state index < -0.39 is 0 Å². The third kappa shape index (κ3) is 3.27. The van der Waals surface area contributed by atoms with Gasteiger partial charge in [-0.1, -0.05) is 6.92 Å². The van der Waals surface area contributed by atoms with Crippen LogP contribution in [0.25, 0.3) is 10.6 Å². The van der Waals surface area contributed by atoms with Gasteiger partial charge in [0.15, 0.2) is 0 Å². The summed E-state index contributed by atoms with van der Waals surface area (Å²) < 4.78 is 0. The molecule has 3 heterocycles. The first-order chi connectivity index (χ1) is 10.8. The Labute approximate surface area is 134 Å². The van der Waals surface area contributed by atoms with E-state index >= 15 is 0 Å². The highest BCUT2D eigenvalue weighted by atomic mass is 32.1. The van der Waals surface area contributed by atoms with Crippen molar-refractivity contribution in [1.29, 1.82) is 0 Å². The summed E-state index contributed by atoms with van der Waals surface area (Å²) in [5.41, 5.74) is 1.44. The minimum atomic E-state index is -0.106. The molecule has 2 aromatic heterocycles. The minimum absolute atomic E-state index is 0.106. The molecule has 0 bridgehead atoms. The largest absolute Gasteiger partial charge is 0.357 e. The van der Waals surface area contributed by atoms with E-state index in [1.165, 1.54) is 24.2 Å². The van der Waals surface area contributed by atoms with Crippen molar-refractivity contribution in [2.75, 3.05) is 24.5 Å². The smallest absolute Gasteiger partial charge is 0.270 e. The molecular weight excluding hydrogens is 296 g/mol. The number of carbonyl (C=O) groups excluding carboxylic acids is 1. The Morgan fingerprint density at radius 1 is 1.36 bits per heavy atom. The number of anilines is 1. The molecule has 22 heavy (non-hydrogen) atoms. The topological polar surface area (TPSA) is 58.1 Å². The Morgan fingerprint density at radius 2 is 2.18 bits per heavy atom. The van der Waals surface area contributed by atoms with Crippen LogP contribution in [-0.4, -0.2) is 35.5 Å². The average Bonchev–Trinajstić information content (AvgIpc) is 3.24. The molecule has 5 nitrogen and oxygen atoms in total. The fourth-order valence-corrected chi connectivity index (χ4v) is 3.28. The fourth-order valence-electron chi connectivity index (χ4n) is 2.49. The van der Waals surface area contributed by atoms with Crippen LogP contribution in [0.2, 0.25) is 0 Å². The van der Waals surface area contributed by atoms with E-state index in [-0.39, 0.29) is 5.91 Å². The van der Waals surface area contributed by atoms with Gasteiger partial charge in [-0.2, -0.15) is 0 Å². The monoisotopic (exact) mass is 316 g/mol. The fraction of sp³-hybridized carbons (Fsp3) is 0.438. The van der Waals surface area contributed by atoms with Crippen molar-refractivity contribution in [2.45, 2.75) is 26.2 Å². The molecule has 0 unspecified atom stereocenters. The van der Waals surface area contributed by atoms with Gasteiger partial charge in [0, 0.05) is 36.8 Å². The zero-order chi connectivity index (χ0) is 15.4. The second kappa shape index (κ2) is 6.87. The third-order valence-electron chi connectivity index (χ3n) is 3.70. The van der Waals surface area contributed by atoms with Crippen molar-refractivity contribution in [3.05, 3.63) is 29.4 Å². The molecule has 0 saturated carbocycles. The quantitative estimate of drug-likeness (QED) is 0.921. The predicted octanol–water partition coefficient (Wildman–Crippen LogP) is 2.95. The molecule has 1 fully saturated rings. The lowest BCUT2D eigenvalue weighted by Crippen LogP contribution is -2.24. The molecule has 0 spiro atoms. The third-order valence-corrected chi connectivity index (χ3v) is 4.59. The molecule has 0 radical (unpaired) electrons. The number of nitrogens with one attached hydrogen (secondary N) is 1. The number of aromatic nitrogens is 2. The SMILES string of the molecule is CCCNC(=O)c1csc(-c2ccc(N3CCCC3)nc2)n1. The molecule has 2 aromatic rings. The maximum atomic E-state index is 11.9. The molecule has 3 rings (SSSR count). The second-order valence-electron chi connectivity index (χ2n) is 5.39. The Bertz CT molecular complexity index is 632. The van der Waals surface area contributed by atoms with E-state index in [2.05, 4.69) is 20.2 Å². The van der Waals surface area contributed by atoms with Gasteiger partial charge in [0.2, 0.25) is 0 Å². The van der Waals surface area contributed by atoms with Crippen molar-refractivity contribution < 1.29 is 4.79 Å². The van der Waals surface area contributed by atoms with E-state index in [1.54, 1.807) is 5.38 Å². The van der Waals surface area contributed by atoms with Crippen LogP contribution in [0.15, 0.2) is 23.7 Å². The molecule has 0 aliphatic carbocycles. The van der Waals surface area contributed by atoms with Crippen LogP contribution in [0, 0.1) is 0 Å². The van der Waals surface area contributed by atoms with Gasteiger partial charge < -0.3 is 10.2 Å². The van der Waals surface area contributed by atoms with E-state index in [1.807, 2.05) is 25.3 Å². The van der Waals surface area contributed by atoms with Gasteiger partial charge in [-0.15, -0.1) is 11.3 Å². The number of amides is 1. The number of thiazole rings is 1. The summed E-state index contributed by atoms with van der Waals surface area (Å²) in [6, 6.07) is 4.08. The van der Waals surface area contributed by atoms with Crippen molar-refractivity contribution in [3.63, 3.8) is 0 Å². The number of hydrogen-bond donors (Lipinski definition) is 1. The van der Waals surface area contributed by atoms with Gasteiger partial charge in [-0.25, -0.2) is 9.97 Å². The first-order valence-corrected chi connectivity index (χ1v) is 8.61. The van der Waals surface area contributed by atoms with E-state index in [0.29, 0.717) is 12.2 Å². The zero-order valence-electron chi connectivity index (χ0n) is 12.7. The number of hydrogen-bond acceptors (Lipinski definition) is 5. The number of rotatable bonds is 5. The Balaban J connectivity index is 1.71. The standard InChI is InChI=1S/C16H20N4OS/c1-2-7-17-15(21)13-11-22-16(19-13)12-5-6-14(18-10-12)20-8-3-4-9-20/h5-6,10-11H,2-4,7-9H2,1H3,(H,17,21). The normalized spacial score (nSPS) is 14.3. The highest BCUT2D eigenvalue weighted by molar-refractivity contribution is 7.13. The van der Waals surface area contributed by atoms with Gasteiger partial charge >= 0.3 is 0 Å². The number of carbonyl (C=O) groups is 1. The van der Waals surface area contributed by atoms with Crippen molar-refractivity contribution >= 4 is 23.1 Å². The first kappa shape index (κ1) is 15.0. The molecule has 1 amide bonds. The lowest BCUT2D eigenvalue weighted by atomic mass is 10.3. The number of pyridine rings is 1. The summed E-state index contributed by atoms with van der Waals surface area (Å²) in [6.45, 7) is 4.88. The maximum absolute atomic E-state index is 11.9. The summed E-state index contributed by atoms with van der Waals surface area (Å²) in [4.78, 5) is 23.1. The summed E-state index contributed by atoms with van der Waals surface area (Å²) in [5.74, 6) is 0.921. The van der Waals surface area contributed by atoms with Crippen molar-refractivity contribution in [1.82, 2.24) is 15.3 Å². The van der Waals surface area contributed by atoms with Crippen LogP contribution in [-0.2, 0) is 0 Å². The second-order valence-corrected chi connectivity index (χ2v) is 6.25. The van der Waals surface area contributed by atoms with Crippen LogP contribution in [0.4, 0.5) is 5.82 Å². The molecule has 1 aliphatic rings. The Morgan fingerprint density at radius 3 is 2.86 bits per heavy atom. The van der Waals surface area contributed by atoms with Crippen LogP contribution >= 0.6 is 11.3 Å². The van der Waals surface area contributed by atoms with Gasteiger partial charge in [0.1, 0.15) is 16.5 Å². The molecule has 1 aliphatic heterocycles. The molecule has 0 atom stereocenters. The summed E-state index contributed by atoms with van der Waals surface area (Å²) in [6.07, 6.45) is 5.25. The molecule has 1 saturated heterocycles. The molecule has 1 N–H and O–H groups in total. The van der Waals surface area contributed by atoms with Gasteiger partial charge in [-0.3, -0.25) is 4.79 Å². The molecular formula is C16H20N4OS. The molecule has 0 aromatic carbocycles. The summed E-state index contributed by atoms with van der Waals surface area (Å²) >= 11 is 1.48. The van der Waals surface area contributed by atoms with Gasteiger partial charge in [-0.05, 0) is 31.4 Å².